The van der Waals surface area contributed by atoms with Crippen LogP contribution in [0.25, 0.3) is 0 Å². The molecule has 36 heavy (non-hydrogen) atoms. The average Bonchev–Trinajstić information content (AvgIpc) is 3.41. The van der Waals surface area contributed by atoms with Crippen molar-refractivity contribution in [3.05, 3.63) is 65.2 Å². The van der Waals surface area contributed by atoms with Crippen LogP contribution in [0.2, 0.25) is 5.02 Å². The summed E-state index contributed by atoms with van der Waals surface area (Å²) in [6.07, 6.45) is 3.50. The van der Waals surface area contributed by atoms with Gasteiger partial charge < -0.3 is 24.0 Å². The number of carbonyl (C=O) groups is 2. The molecule has 0 spiro atoms. The van der Waals surface area contributed by atoms with Crippen molar-refractivity contribution < 1.29 is 23.8 Å². The Hall–Kier alpha value is -2.61. The molecule has 0 aromatic heterocycles. The molecule has 7 nitrogen and oxygen atoms in total. The zero-order valence-electron chi connectivity index (χ0n) is 20.9. The van der Waals surface area contributed by atoms with Gasteiger partial charge in [-0.15, -0.1) is 0 Å². The molecule has 8 heteroatoms. The molecular weight excluding hydrogens is 480 g/mol. The van der Waals surface area contributed by atoms with Crippen LogP contribution in [0.4, 0.5) is 0 Å². The Labute approximate surface area is 218 Å². The third kappa shape index (κ3) is 7.45. The number of halogens is 1. The number of rotatable bonds is 10. The fourth-order valence-electron chi connectivity index (χ4n) is 4.72. The summed E-state index contributed by atoms with van der Waals surface area (Å²) in [6.45, 7) is 2.58. The number of nitrogens with zero attached hydrogens (tertiary/aromatic N) is 2. The summed E-state index contributed by atoms with van der Waals surface area (Å²) in [7, 11) is 1.79. The van der Waals surface area contributed by atoms with Gasteiger partial charge in [0.1, 0.15) is 18.0 Å². The molecule has 2 heterocycles. The smallest absolute Gasteiger partial charge is 0.225 e. The van der Waals surface area contributed by atoms with Crippen molar-refractivity contribution in [2.45, 2.75) is 50.4 Å². The van der Waals surface area contributed by atoms with Crippen molar-refractivity contribution in [1.29, 1.82) is 0 Å². The standard InChI is InChI=1S/C28H35ClN2O5/c1-30(19-22-6-3-2-4-7-22)27(33)18-28(21-35-25-11-9-23(29)10-12-25)20-31(15-17-36-28)26(32)14-13-24-8-5-16-34-24/h2-4,6-7,9-12,24H,5,8,13-21H2,1H3/t24-,28+/m0/s1. The summed E-state index contributed by atoms with van der Waals surface area (Å²) in [4.78, 5) is 29.9. The van der Waals surface area contributed by atoms with Crippen LogP contribution in [0.5, 0.6) is 5.75 Å². The van der Waals surface area contributed by atoms with Gasteiger partial charge in [-0.3, -0.25) is 9.59 Å². The molecule has 2 aromatic carbocycles. The van der Waals surface area contributed by atoms with E-state index in [4.69, 9.17) is 25.8 Å². The molecule has 0 unspecified atom stereocenters. The lowest BCUT2D eigenvalue weighted by atomic mass is 9.96. The van der Waals surface area contributed by atoms with E-state index >= 15 is 0 Å². The Morgan fingerprint density at radius 1 is 1.14 bits per heavy atom. The van der Waals surface area contributed by atoms with Gasteiger partial charge in [-0.2, -0.15) is 0 Å². The number of benzene rings is 2. The molecule has 0 saturated carbocycles. The van der Waals surface area contributed by atoms with Crippen molar-refractivity contribution in [2.75, 3.05) is 40.0 Å². The Morgan fingerprint density at radius 3 is 2.64 bits per heavy atom. The van der Waals surface area contributed by atoms with E-state index in [2.05, 4.69) is 0 Å². The maximum absolute atomic E-state index is 13.3. The second-order valence-corrected chi connectivity index (χ2v) is 10.1. The van der Waals surface area contributed by atoms with E-state index < -0.39 is 5.60 Å². The lowest BCUT2D eigenvalue weighted by Crippen LogP contribution is -2.58. The van der Waals surface area contributed by atoms with Gasteiger partial charge in [0.25, 0.3) is 0 Å². The van der Waals surface area contributed by atoms with Crippen LogP contribution in [-0.2, 0) is 25.6 Å². The normalized spacial score (nSPS) is 21.8. The number of ether oxygens (including phenoxy) is 3. The van der Waals surface area contributed by atoms with E-state index in [-0.39, 0.29) is 30.9 Å². The number of carbonyl (C=O) groups excluding carboxylic acids is 2. The molecule has 2 atom stereocenters. The molecule has 0 bridgehead atoms. The predicted molar refractivity (Wildman–Crippen MR) is 138 cm³/mol. The fourth-order valence-corrected chi connectivity index (χ4v) is 4.85. The van der Waals surface area contributed by atoms with E-state index in [0.717, 1.165) is 31.4 Å². The first kappa shape index (κ1) is 26.5. The minimum Gasteiger partial charge on any atom is -0.490 e. The van der Waals surface area contributed by atoms with E-state index in [1.165, 1.54) is 0 Å². The lowest BCUT2D eigenvalue weighted by Gasteiger charge is -2.42. The van der Waals surface area contributed by atoms with Gasteiger partial charge in [-0.25, -0.2) is 0 Å². The summed E-state index contributed by atoms with van der Waals surface area (Å²) in [5, 5.41) is 0.617. The zero-order chi connectivity index (χ0) is 25.4. The molecule has 0 N–H and O–H groups in total. The first-order valence-corrected chi connectivity index (χ1v) is 13.0. The lowest BCUT2D eigenvalue weighted by molar-refractivity contribution is -0.166. The SMILES string of the molecule is CN(Cc1ccccc1)C(=O)C[C@]1(COc2ccc(Cl)cc2)CN(C(=O)CC[C@@H]2CCCO2)CCO1. The molecule has 0 aliphatic carbocycles. The zero-order valence-corrected chi connectivity index (χ0v) is 21.6. The van der Waals surface area contributed by atoms with Crippen LogP contribution in [0.15, 0.2) is 54.6 Å². The largest absolute Gasteiger partial charge is 0.490 e. The van der Waals surface area contributed by atoms with E-state index in [0.29, 0.717) is 43.4 Å². The summed E-state index contributed by atoms with van der Waals surface area (Å²) in [5.74, 6) is 0.635. The maximum Gasteiger partial charge on any atom is 0.225 e. The summed E-state index contributed by atoms with van der Waals surface area (Å²) < 4.78 is 18.0. The maximum atomic E-state index is 13.3. The van der Waals surface area contributed by atoms with E-state index in [1.54, 1.807) is 36.2 Å². The van der Waals surface area contributed by atoms with Crippen molar-refractivity contribution in [3.63, 3.8) is 0 Å². The first-order chi connectivity index (χ1) is 17.4. The molecule has 2 aliphatic heterocycles. The molecule has 4 rings (SSSR count). The third-order valence-electron chi connectivity index (χ3n) is 6.78. The quantitative estimate of drug-likeness (QED) is 0.472. The van der Waals surface area contributed by atoms with Crippen LogP contribution in [0.1, 0.15) is 37.7 Å². The molecule has 2 aliphatic rings. The second-order valence-electron chi connectivity index (χ2n) is 9.68. The average molecular weight is 515 g/mol. The van der Waals surface area contributed by atoms with Gasteiger partial charge in [0, 0.05) is 38.2 Å². The second kappa shape index (κ2) is 12.6. The van der Waals surface area contributed by atoms with Gasteiger partial charge in [-0.1, -0.05) is 41.9 Å². The minimum atomic E-state index is -0.945. The van der Waals surface area contributed by atoms with Crippen molar-refractivity contribution in [2.24, 2.45) is 0 Å². The Morgan fingerprint density at radius 2 is 1.92 bits per heavy atom. The van der Waals surface area contributed by atoms with Gasteiger partial charge in [0.15, 0.2) is 0 Å². The van der Waals surface area contributed by atoms with E-state index in [1.807, 2.05) is 35.2 Å². The van der Waals surface area contributed by atoms with Gasteiger partial charge in [0.2, 0.25) is 11.8 Å². The van der Waals surface area contributed by atoms with Crippen molar-refractivity contribution in [3.8, 4) is 5.75 Å². The number of hydrogen-bond donors (Lipinski definition) is 0. The topological polar surface area (TPSA) is 68.3 Å². The van der Waals surface area contributed by atoms with Gasteiger partial charge >= 0.3 is 0 Å². The molecular formula is C28H35ClN2O5. The molecule has 194 valence electrons. The highest BCUT2D eigenvalue weighted by Gasteiger charge is 2.42. The highest BCUT2D eigenvalue weighted by molar-refractivity contribution is 6.30. The van der Waals surface area contributed by atoms with Crippen LogP contribution < -0.4 is 4.74 Å². The predicted octanol–water partition coefficient (Wildman–Crippen LogP) is 4.32. The Bertz CT molecular complexity index is 997. The molecule has 2 aromatic rings. The monoisotopic (exact) mass is 514 g/mol. The fraction of sp³-hybridized carbons (Fsp3) is 0.500. The van der Waals surface area contributed by atoms with E-state index in [9.17, 15) is 9.59 Å². The Kier molecular flexibility index (Phi) is 9.24. The Balaban J connectivity index is 1.43. The number of morpholine rings is 1. The highest BCUT2D eigenvalue weighted by atomic mass is 35.5. The van der Waals surface area contributed by atoms with Crippen LogP contribution in [0, 0.1) is 0 Å². The minimum absolute atomic E-state index is 0.0628. The van der Waals surface area contributed by atoms with Gasteiger partial charge in [-0.05, 0) is 49.1 Å². The van der Waals surface area contributed by atoms with Crippen molar-refractivity contribution >= 4 is 23.4 Å². The summed E-state index contributed by atoms with van der Waals surface area (Å²) in [5.41, 5.74) is 0.106. The molecule has 2 saturated heterocycles. The van der Waals surface area contributed by atoms with Gasteiger partial charge in [0.05, 0.1) is 25.7 Å². The van der Waals surface area contributed by atoms with Crippen molar-refractivity contribution in [1.82, 2.24) is 9.80 Å². The van der Waals surface area contributed by atoms with Crippen LogP contribution in [-0.4, -0.2) is 73.3 Å². The van der Waals surface area contributed by atoms with Crippen LogP contribution in [0.3, 0.4) is 0 Å². The number of hydrogen-bond acceptors (Lipinski definition) is 5. The summed E-state index contributed by atoms with van der Waals surface area (Å²) >= 11 is 6.01. The first-order valence-electron chi connectivity index (χ1n) is 12.6. The van der Waals surface area contributed by atoms with Crippen LogP contribution >= 0.6 is 11.6 Å². The summed E-state index contributed by atoms with van der Waals surface area (Å²) in [6, 6.07) is 16.9. The molecule has 2 fully saturated rings. The number of amides is 2. The third-order valence-corrected chi connectivity index (χ3v) is 7.03. The molecule has 0 radical (unpaired) electrons. The molecule has 2 amide bonds. The highest BCUT2D eigenvalue weighted by Crippen LogP contribution is 2.27.